The third-order valence-corrected chi connectivity index (χ3v) is 7.10. The van der Waals surface area contributed by atoms with Gasteiger partial charge in [-0.05, 0) is 42.4 Å². The molecule has 0 saturated carbocycles. The number of amidine groups is 1. The Morgan fingerprint density at radius 2 is 1.94 bits per heavy atom. The molecule has 3 heterocycles. The van der Waals surface area contributed by atoms with Crippen LogP contribution in [0.3, 0.4) is 0 Å². The summed E-state index contributed by atoms with van der Waals surface area (Å²) in [5.41, 5.74) is 2.61. The maximum absolute atomic E-state index is 13.0. The molecule has 1 N–H and O–H groups in total. The van der Waals surface area contributed by atoms with Crippen LogP contribution in [0.15, 0.2) is 45.6 Å². The molecule has 35 heavy (non-hydrogen) atoms. The van der Waals surface area contributed by atoms with Gasteiger partial charge in [-0.1, -0.05) is 18.7 Å². The average Bonchev–Trinajstić information content (AvgIpc) is 3.55. The maximum Gasteiger partial charge on any atom is 0.338 e. The number of methoxy groups -OCH3 is 3. The van der Waals surface area contributed by atoms with E-state index in [2.05, 4.69) is 5.32 Å². The summed E-state index contributed by atoms with van der Waals surface area (Å²) >= 11 is 1.44. The number of rotatable bonds is 9. The van der Waals surface area contributed by atoms with Crippen molar-refractivity contribution in [3.63, 3.8) is 0 Å². The Balaban J connectivity index is 1.69. The number of ether oxygens (including phenoxy) is 4. The van der Waals surface area contributed by atoms with Crippen LogP contribution in [0.5, 0.6) is 11.5 Å². The molecule has 0 spiro atoms. The van der Waals surface area contributed by atoms with Crippen molar-refractivity contribution in [1.29, 1.82) is 0 Å². The van der Waals surface area contributed by atoms with Gasteiger partial charge < -0.3 is 29.2 Å². The van der Waals surface area contributed by atoms with Crippen molar-refractivity contribution in [2.75, 3.05) is 34.5 Å². The van der Waals surface area contributed by atoms with Crippen LogP contribution >= 0.6 is 11.8 Å². The average molecular weight is 502 g/mol. The first kappa shape index (κ1) is 25.1. The van der Waals surface area contributed by atoms with E-state index in [-0.39, 0.29) is 18.4 Å². The lowest BCUT2D eigenvalue weighted by Gasteiger charge is -2.36. The van der Waals surface area contributed by atoms with Gasteiger partial charge in [-0.3, -0.25) is 4.79 Å². The van der Waals surface area contributed by atoms with Crippen molar-refractivity contribution < 1.29 is 28.5 Å². The summed E-state index contributed by atoms with van der Waals surface area (Å²) in [4.78, 5) is 32.6. The van der Waals surface area contributed by atoms with Crippen molar-refractivity contribution in [1.82, 2.24) is 10.2 Å². The smallest absolute Gasteiger partial charge is 0.338 e. The molecule has 1 saturated heterocycles. The Kier molecular flexibility index (Phi) is 8.02. The number of nitrogens with one attached hydrogen (secondary N) is 1. The molecule has 0 bridgehead atoms. The van der Waals surface area contributed by atoms with Gasteiger partial charge in [0.25, 0.3) is 0 Å². The lowest BCUT2D eigenvalue weighted by molar-refractivity contribution is -0.136. The lowest BCUT2D eigenvalue weighted by Crippen LogP contribution is -2.39. The quantitative estimate of drug-likeness (QED) is 0.513. The molecule has 1 aromatic carbocycles. The van der Waals surface area contributed by atoms with Gasteiger partial charge in [-0.25, -0.2) is 9.79 Å². The van der Waals surface area contributed by atoms with Crippen LogP contribution in [0.4, 0.5) is 0 Å². The number of esters is 1. The molecule has 4 rings (SSSR count). The SMILES string of the molecule is CCC1=C(C(=O)OC)C(c2cc(OC)cc(OC)c2)N2C(CC(=O)NCC3CCCO3)=CSC2=N1. The minimum Gasteiger partial charge on any atom is -0.497 e. The number of fused-ring (bicyclic) bond motifs is 1. The van der Waals surface area contributed by atoms with Gasteiger partial charge >= 0.3 is 5.97 Å². The zero-order chi connectivity index (χ0) is 24.9. The van der Waals surface area contributed by atoms with Gasteiger partial charge in [0.15, 0.2) is 5.17 Å². The van der Waals surface area contributed by atoms with Crippen molar-refractivity contribution in [3.05, 3.63) is 46.1 Å². The van der Waals surface area contributed by atoms with E-state index in [1.54, 1.807) is 20.3 Å². The molecule has 3 aliphatic heterocycles. The fourth-order valence-corrected chi connectivity index (χ4v) is 5.41. The van der Waals surface area contributed by atoms with E-state index < -0.39 is 12.0 Å². The van der Waals surface area contributed by atoms with Crippen molar-refractivity contribution in [2.24, 2.45) is 4.99 Å². The molecule has 0 aromatic heterocycles. The Labute approximate surface area is 209 Å². The Morgan fingerprint density at radius 1 is 1.20 bits per heavy atom. The molecule has 9 nitrogen and oxygen atoms in total. The van der Waals surface area contributed by atoms with E-state index in [1.165, 1.54) is 18.9 Å². The first-order valence-electron chi connectivity index (χ1n) is 11.6. The van der Waals surface area contributed by atoms with Gasteiger partial charge in [0.2, 0.25) is 5.91 Å². The summed E-state index contributed by atoms with van der Waals surface area (Å²) in [7, 11) is 4.52. The number of allylic oxidation sites excluding steroid dienone is 1. The third-order valence-electron chi connectivity index (χ3n) is 6.21. The fourth-order valence-electron chi connectivity index (χ4n) is 4.48. The van der Waals surface area contributed by atoms with Gasteiger partial charge in [-0.2, -0.15) is 0 Å². The van der Waals surface area contributed by atoms with Crippen LogP contribution in [0.25, 0.3) is 0 Å². The number of carbonyl (C=O) groups excluding carboxylic acids is 2. The molecule has 1 fully saturated rings. The van der Waals surface area contributed by atoms with E-state index in [9.17, 15) is 9.59 Å². The van der Waals surface area contributed by atoms with Crippen LogP contribution in [0, 0.1) is 0 Å². The number of aliphatic imine (C=N–C) groups is 1. The second-order valence-corrected chi connectivity index (χ2v) is 9.20. The highest BCUT2D eigenvalue weighted by Gasteiger charge is 2.42. The molecule has 1 amide bonds. The maximum atomic E-state index is 13.0. The summed E-state index contributed by atoms with van der Waals surface area (Å²) < 4.78 is 21.8. The molecule has 10 heteroatoms. The second-order valence-electron chi connectivity index (χ2n) is 8.36. The summed E-state index contributed by atoms with van der Waals surface area (Å²) in [5.74, 6) is 0.616. The Morgan fingerprint density at radius 3 is 2.54 bits per heavy atom. The van der Waals surface area contributed by atoms with Crippen LogP contribution < -0.4 is 14.8 Å². The summed E-state index contributed by atoms with van der Waals surface area (Å²) in [6.07, 6.45) is 2.73. The van der Waals surface area contributed by atoms with E-state index in [1.807, 2.05) is 29.4 Å². The normalized spacial score (nSPS) is 21.3. The first-order chi connectivity index (χ1) is 17.0. The zero-order valence-electron chi connectivity index (χ0n) is 20.5. The molecule has 2 atom stereocenters. The number of carbonyl (C=O) groups is 2. The van der Waals surface area contributed by atoms with Gasteiger partial charge in [0.1, 0.15) is 11.5 Å². The highest BCUT2D eigenvalue weighted by molar-refractivity contribution is 8.16. The van der Waals surface area contributed by atoms with Crippen LogP contribution in [-0.2, 0) is 19.1 Å². The standard InChI is InChI=1S/C25H31N3O6S/c1-5-20-22(24(30)33-4)23(15-9-18(31-2)12-19(10-15)32-3)28-16(14-35-25(28)27-20)11-21(29)26-13-17-7-6-8-34-17/h9-10,12,14,17,23H,5-8,11,13H2,1-4H3,(H,26,29). The van der Waals surface area contributed by atoms with Crippen molar-refractivity contribution >= 4 is 28.8 Å². The molecule has 0 radical (unpaired) electrons. The van der Waals surface area contributed by atoms with Crippen molar-refractivity contribution in [3.8, 4) is 11.5 Å². The Hall–Kier alpha value is -2.98. The van der Waals surface area contributed by atoms with Gasteiger partial charge in [-0.15, -0.1) is 0 Å². The Bertz CT molecular complexity index is 1050. The molecule has 3 aliphatic rings. The minimum absolute atomic E-state index is 0.0657. The number of hydrogen-bond acceptors (Lipinski definition) is 9. The zero-order valence-corrected chi connectivity index (χ0v) is 21.3. The third kappa shape index (κ3) is 5.33. The molecule has 0 aliphatic carbocycles. The van der Waals surface area contributed by atoms with E-state index in [0.717, 1.165) is 30.7 Å². The number of benzene rings is 1. The van der Waals surface area contributed by atoms with E-state index >= 15 is 0 Å². The van der Waals surface area contributed by atoms with Gasteiger partial charge in [0, 0.05) is 24.9 Å². The molecule has 2 unspecified atom stereocenters. The summed E-state index contributed by atoms with van der Waals surface area (Å²) in [6.45, 7) is 3.18. The number of nitrogens with zero attached hydrogens (tertiary/aromatic N) is 2. The fraction of sp³-hybridized carbons (Fsp3) is 0.480. The van der Waals surface area contributed by atoms with Crippen molar-refractivity contribution in [2.45, 2.75) is 44.8 Å². The number of thioether (sulfide) groups is 1. The molecule has 1 aromatic rings. The van der Waals surface area contributed by atoms with E-state index in [4.69, 9.17) is 23.9 Å². The van der Waals surface area contributed by atoms with Crippen LogP contribution in [-0.4, -0.2) is 62.5 Å². The highest BCUT2D eigenvalue weighted by Crippen LogP contribution is 2.46. The highest BCUT2D eigenvalue weighted by atomic mass is 32.2. The number of amides is 1. The molecule has 188 valence electrons. The van der Waals surface area contributed by atoms with Gasteiger partial charge in [0.05, 0.1) is 51.2 Å². The molecular formula is C25H31N3O6S. The van der Waals surface area contributed by atoms with Crippen LogP contribution in [0.2, 0.25) is 0 Å². The first-order valence-corrected chi connectivity index (χ1v) is 12.5. The second kappa shape index (κ2) is 11.2. The van der Waals surface area contributed by atoms with E-state index in [0.29, 0.717) is 40.9 Å². The molecular weight excluding hydrogens is 470 g/mol. The predicted octanol–water partition coefficient (Wildman–Crippen LogP) is 3.53. The largest absolute Gasteiger partial charge is 0.497 e. The summed E-state index contributed by atoms with van der Waals surface area (Å²) in [5, 5.41) is 5.61. The number of hydrogen-bond donors (Lipinski definition) is 1. The summed E-state index contributed by atoms with van der Waals surface area (Å²) in [6, 6.07) is 4.95. The minimum atomic E-state index is -0.555. The predicted molar refractivity (Wildman–Crippen MR) is 133 cm³/mol. The van der Waals surface area contributed by atoms with Crippen LogP contribution in [0.1, 0.15) is 44.2 Å². The monoisotopic (exact) mass is 501 g/mol. The topological polar surface area (TPSA) is 98.7 Å². The lowest BCUT2D eigenvalue weighted by atomic mass is 9.92.